The maximum Gasteiger partial charge on any atom is 0.323 e. The van der Waals surface area contributed by atoms with Crippen LogP contribution in [0.2, 0.25) is 0 Å². The van der Waals surface area contributed by atoms with Crippen molar-refractivity contribution in [1.29, 1.82) is 0 Å². The number of amides is 2. The van der Waals surface area contributed by atoms with Gasteiger partial charge in [-0.1, -0.05) is 0 Å². The highest BCUT2D eigenvalue weighted by Gasteiger charge is 2.22. The molecule has 0 atom stereocenters. The summed E-state index contributed by atoms with van der Waals surface area (Å²) in [6, 6.07) is 11.9. The normalized spacial score (nSPS) is 10.9. The molecule has 0 aliphatic heterocycles. The van der Waals surface area contributed by atoms with Crippen LogP contribution in [-0.2, 0) is 0 Å². The van der Waals surface area contributed by atoms with Gasteiger partial charge in [0.05, 0.1) is 23.7 Å². The molecule has 0 fully saturated rings. The highest BCUT2D eigenvalue weighted by molar-refractivity contribution is 6.18. The van der Waals surface area contributed by atoms with Crippen LogP contribution >= 0.6 is 0 Å². The van der Waals surface area contributed by atoms with Crippen LogP contribution in [0.3, 0.4) is 0 Å². The lowest BCUT2D eigenvalue weighted by molar-refractivity contribution is 0.104. The molecule has 2 amide bonds. The van der Waals surface area contributed by atoms with Crippen LogP contribution < -0.4 is 26.0 Å². The Hall–Kier alpha value is -4.60. The van der Waals surface area contributed by atoms with E-state index in [4.69, 9.17) is 10.5 Å². The number of benzene rings is 2. The zero-order valence-corrected chi connectivity index (χ0v) is 20.9. The van der Waals surface area contributed by atoms with Crippen molar-refractivity contribution in [3.05, 3.63) is 66.1 Å². The number of methoxy groups -OCH3 is 1. The van der Waals surface area contributed by atoms with Crippen molar-refractivity contribution in [3.8, 4) is 5.75 Å². The molecule has 0 saturated carbocycles. The third kappa shape index (κ3) is 4.78. The average Bonchev–Trinajstić information content (AvgIpc) is 3.25. The predicted octanol–water partition coefficient (Wildman–Crippen LogP) is 4.54. The lowest BCUT2D eigenvalue weighted by Gasteiger charge is -2.14. The molecule has 186 valence electrons. The molecular formula is C26H29N7O3. The quantitative estimate of drug-likeness (QED) is 0.327. The maximum atomic E-state index is 13.6. The van der Waals surface area contributed by atoms with Gasteiger partial charge in [0.25, 0.3) is 0 Å². The SMILES string of the molecule is COc1ccc(C(=O)c2cn(C(C)C)c3ncnc(N)c23)cc1NC(=O)Nc1ccc(N(C)C)cc1. The molecule has 10 heteroatoms. The highest BCUT2D eigenvalue weighted by Crippen LogP contribution is 2.31. The molecule has 0 radical (unpaired) electrons. The Bertz CT molecular complexity index is 1430. The van der Waals surface area contributed by atoms with E-state index in [2.05, 4.69) is 20.6 Å². The number of hydrogen-bond acceptors (Lipinski definition) is 7. The average molecular weight is 488 g/mol. The van der Waals surface area contributed by atoms with Crippen LogP contribution in [0.15, 0.2) is 55.0 Å². The molecule has 4 aromatic rings. The fourth-order valence-corrected chi connectivity index (χ4v) is 3.90. The summed E-state index contributed by atoms with van der Waals surface area (Å²) >= 11 is 0. The molecule has 4 rings (SSSR count). The number of rotatable bonds is 7. The van der Waals surface area contributed by atoms with Crippen LogP contribution in [0.25, 0.3) is 11.0 Å². The summed E-state index contributed by atoms with van der Waals surface area (Å²) in [5.74, 6) is 0.373. The van der Waals surface area contributed by atoms with Gasteiger partial charge in [-0.15, -0.1) is 0 Å². The van der Waals surface area contributed by atoms with Crippen molar-refractivity contribution in [2.45, 2.75) is 19.9 Å². The molecule has 0 bridgehead atoms. The second kappa shape index (κ2) is 9.95. The van der Waals surface area contributed by atoms with E-state index in [1.165, 1.54) is 13.4 Å². The van der Waals surface area contributed by atoms with Gasteiger partial charge in [0.2, 0.25) is 0 Å². The molecule has 4 N–H and O–H groups in total. The minimum absolute atomic E-state index is 0.0620. The number of nitrogens with one attached hydrogen (secondary N) is 2. The van der Waals surface area contributed by atoms with E-state index in [9.17, 15) is 9.59 Å². The van der Waals surface area contributed by atoms with E-state index in [0.717, 1.165) is 5.69 Å². The van der Waals surface area contributed by atoms with E-state index < -0.39 is 6.03 Å². The third-order valence-corrected chi connectivity index (χ3v) is 5.79. The van der Waals surface area contributed by atoms with Crippen molar-refractivity contribution in [3.63, 3.8) is 0 Å². The Kier molecular flexibility index (Phi) is 6.77. The van der Waals surface area contributed by atoms with Crippen LogP contribution in [0.1, 0.15) is 35.8 Å². The molecule has 0 aliphatic rings. The molecule has 2 aromatic heterocycles. The van der Waals surface area contributed by atoms with Crippen LogP contribution in [0.5, 0.6) is 5.75 Å². The number of hydrogen-bond donors (Lipinski definition) is 3. The van der Waals surface area contributed by atoms with Crippen molar-refractivity contribution in [1.82, 2.24) is 14.5 Å². The molecule has 2 aromatic carbocycles. The number of nitrogen functional groups attached to an aromatic ring is 1. The first-order valence-electron chi connectivity index (χ1n) is 11.4. The summed E-state index contributed by atoms with van der Waals surface area (Å²) in [5.41, 5.74) is 9.44. The van der Waals surface area contributed by atoms with Gasteiger partial charge in [0, 0.05) is 43.3 Å². The topological polar surface area (TPSA) is 127 Å². The first-order valence-corrected chi connectivity index (χ1v) is 11.4. The number of nitrogens with zero attached hydrogens (tertiary/aromatic N) is 4. The van der Waals surface area contributed by atoms with E-state index in [1.54, 1.807) is 24.4 Å². The van der Waals surface area contributed by atoms with Crippen LogP contribution in [0.4, 0.5) is 27.7 Å². The lowest BCUT2D eigenvalue weighted by atomic mass is 10.0. The van der Waals surface area contributed by atoms with E-state index in [0.29, 0.717) is 39.3 Å². The zero-order valence-electron chi connectivity index (χ0n) is 20.9. The lowest BCUT2D eigenvalue weighted by Crippen LogP contribution is -2.20. The fourth-order valence-electron chi connectivity index (χ4n) is 3.90. The summed E-state index contributed by atoms with van der Waals surface area (Å²) in [6.07, 6.45) is 3.12. The van der Waals surface area contributed by atoms with Gasteiger partial charge in [-0.2, -0.15) is 0 Å². The highest BCUT2D eigenvalue weighted by atomic mass is 16.5. The molecule has 0 saturated heterocycles. The second-order valence-electron chi connectivity index (χ2n) is 8.77. The molecule has 10 nitrogen and oxygen atoms in total. The number of aromatic nitrogens is 3. The van der Waals surface area contributed by atoms with Gasteiger partial charge < -0.3 is 30.6 Å². The summed E-state index contributed by atoms with van der Waals surface area (Å²) in [4.78, 5) is 36.6. The summed E-state index contributed by atoms with van der Waals surface area (Å²) in [7, 11) is 5.38. The molecule has 0 aliphatic carbocycles. The maximum absolute atomic E-state index is 13.6. The van der Waals surface area contributed by atoms with Gasteiger partial charge >= 0.3 is 6.03 Å². The third-order valence-electron chi connectivity index (χ3n) is 5.79. The molecule has 36 heavy (non-hydrogen) atoms. The number of ketones is 1. The Balaban J connectivity index is 1.63. The summed E-state index contributed by atoms with van der Waals surface area (Å²) < 4.78 is 7.29. The van der Waals surface area contributed by atoms with Crippen molar-refractivity contribution >= 4 is 45.7 Å². The van der Waals surface area contributed by atoms with E-state index in [1.807, 2.05) is 61.7 Å². The number of fused-ring (bicyclic) bond motifs is 1. The monoisotopic (exact) mass is 487 g/mol. The predicted molar refractivity (Wildman–Crippen MR) is 142 cm³/mol. The van der Waals surface area contributed by atoms with Gasteiger partial charge in [0.15, 0.2) is 5.78 Å². The summed E-state index contributed by atoms with van der Waals surface area (Å²) in [5, 5.41) is 6.06. The first-order chi connectivity index (χ1) is 17.2. The summed E-state index contributed by atoms with van der Waals surface area (Å²) in [6.45, 7) is 3.99. The molecule has 0 spiro atoms. The molecule has 2 heterocycles. The van der Waals surface area contributed by atoms with E-state index in [-0.39, 0.29) is 17.6 Å². The Morgan fingerprint density at radius 3 is 2.42 bits per heavy atom. The number of urea groups is 1. The van der Waals surface area contributed by atoms with Gasteiger partial charge in [-0.3, -0.25) is 4.79 Å². The number of anilines is 4. The fraction of sp³-hybridized carbons (Fsp3) is 0.231. The van der Waals surface area contributed by atoms with Crippen molar-refractivity contribution < 1.29 is 14.3 Å². The van der Waals surface area contributed by atoms with E-state index >= 15 is 0 Å². The number of carbonyl (C=O) groups excluding carboxylic acids is 2. The van der Waals surface area contributed by atoms with Gasteiger partial charge in [0.1, 0.15) is 23.5 Å². The Morgan fingerprint density at radius 2 is 1.78 bits per heavy atom. The Labute approximate surface area is 209 Å². The Morgan fingerprint density at radius 1 is 1.06 bits per heavy atom. The molecular weight excluding hydrogens is 458 g/mol. The zero-order chi connectivity index (χ0) is 26.0. The minimum Gasteiger partial charge on any atom is -0.495 e. The van der Waals surface area contributed by atoms with Gasteiger partial charge in [-0.25, -0.2) is 14.8 Å². The minimum atomic E-state index is -0.468. The molecule has 0 unspecified atom stereocenters. The number of carbonyl (C=O) groups is 2. The first kappa shape index (κ1) is 24.5. The van der Waals surface area contributed by atoms with Crippen molar-refractivity contribution in [2.75, 3.05) is 42.5 Å². The smallest absolute Gasteiger partial charge is 0.323 e. The second-order valence-corrected chi connectivity index (χ2v) is 8.77. The van der Waals surface area contributed by atoms with Gasteiger partial charge in [-0.05, 0) is 56.3 Å². The largest absolute Gasteiger partial charge is 0.495 e. The number of nitrogens with two attached hydrogens (primary N) is 1. The van der Waals surface area contributed by atoms with Crippen LogP contribution in [-0.4, -0.2) is 47.6 Å². The van der Waals surface area contributed by atoms with Crippen LogP contribution in [0, 0.1) is 0 Å². The van der Waals surface area contributed by atoms with Crippen molar-refractivity contribution in [2.24, 2.45) is 0 Å². The number of ether oxygens (including phenoxy) is 1. The standard InChI is InChI=1S/C26H29N7O3/c1-15(2)33-13-19(22-24(27)28-14-29-25(22)33)23(34)16-6-11-21(36-5)20(12-16)31-26(35)30-17-7-9-18(10-8-17)32(3)4/h6-15H,1-5H3,(H2,27,28,29)(H2,30,31,35).